The van der Waals surface area contributed by atoms with Gasteiger partial charge in [-0.25, -0.2) is 4.68 Å². The molecule has 3 aromatic rings. The highest BCUT2D eigenvalue weighted by molar-refractivity contribution is 6.30. The minimum absolute atomic E-state index is 0.0810. The SMILES string of the molecule is O=[N+]([O-])c1cc(Cl)ccc1-n1ccc(CCOCc2ccccc2)n1. The number of nitrogens with zero attached hydrogens (tertiary/aromatic N) is 3. The van der Waals surface area contributed by atoms with Crippen molar-refractivity contribution in [3.8, 4) is 5.69 Å². The summed E-state index contributed by atoms with van der Waals surface area (Å²) in [4.78, 5) is 10.7. The highest BCUT2D eigenvalue weighted by Crippen LogP contribution is 2.26. The molecule has 2 aromatic carbocycles. The van der Waals surface area contributed by atoms with E-state index in [4.69, 9.17) is 16.3 Å². The third-order valence-electron chi connectivity index (χ3n) is 3.64. The zero-order valence-corrected chi connectivity index (χ0v) is 14.1. The molecule has 0 spiro atoms. The highest BCUT2D eigenvalue weighted by atomic mass is 35.5. The third kappa shape index (κ3) is 4.43. The van der Waals surface area contributed by atoms with E-state index in [1.54, 1.807) is 18.3 Å². The number of hydrogen-bond donors (Lipinski definition) is 0. The third-order valence-corrected chi connectivity index (χ3v) is 3.87. The van der Waals surface area contributed by atoms with Crippen LogP contribution < -0.4 is 0 Å². The molecule has 0 radical (unpaired) electrons. The standard InChI is InChI=1S/C18H16ClN3O3/c19-15-6-7-17(18(12-15)22(23)24)21-10-8-16(20-21)9-11-25-13-14-4-2-1-3-5-14/h1-8,10,12H,9,11,13H2. The number of ether oxygens (including phenoxy) is 1. The number of halogens is 1. The molecule has 0 saturated carbocycles. The number of hydrogen-bond acceptors (Lipinski definition) is 4. The molecule has 0 unspecified atom stereocenters. The molecule has 0 saturated heterocycles. The molecule has 3 rings (SSSR count). The first-order chi connectivity index (χ1) is 12.1. The van der Waals surface area contributed by atoms with Gasteiger partial charge in [-0.05, 0) is 23.8 Å². The number of rotatable bonds is 7. The predicted molar refractivity (Wildman–Crippen MR) is 95.0 cm³/mol. The Bertz CT molecular complexity index is 865. The maximum Gasteiger partial charge on any atom is 0.296 e. The minimum Gasteiger partial charge on any atom is -0.376 e. The second-order valence-electron chi connectivity index (χ2n) is 5.43. The van der Waals surface area contributed by atoms with Gasteiger partial charge in [0.2, 0.25) is 0 Å². The van der Waals surface area contributed by atoms with Crippen LogP contribution in [0.4, 0.5) is 5.69 Å². The quantitative estimate of drug-likeness (QED) is 0.361. The van der Waals surface area contributed by atoms with Crippen molar-refractivity contribution < 1.29 is 9.66 Å². The van der Waals surface area contributed by atoms with Crippen molar-refractivity contribution in [2.75, 3.05) is 6.61 Å². The summed E-state index contributed by atoms with van der Waals surface area (Å²) in [5.41, 5.74) is 2.22. The summed E-state index contributed by atoms with van der Waals surface area (Å²) in [6, 6.07) is 16.3. The van der Waals surface area contributed by atoms with Gasteiger partial charge in [0.05, 0.1) is 23.8 Å². The Hall–Kier alpha value is -2.70. The van der Waals surface area contributed by atoms with Crippen molar-refractivity contribution in [2.45, 2.75) is 13.0 Å². The summed E-state index contributed by atoms with van der Waals surface area (Å²) in [6.07, 6.45) is 2.32. The number of nitro benzene ring substituents is 1. The lowest BCUT2D eigenvalue weighted by molar-refractivity contribution is -0.384. The van der Waals surface area contributed by atoms with Crippen LogP contribution in [-0.2, 0) is 17.8 Å². The zero-order valence-electron chi connectivity index (χ0n) is 13.3. The molecular formula is C18H16ClN3O3. The molecule has 1 heterocycles. The fourth-order valence-electron chi connectivity index (χ4n) is 2.41. The molecule has 0 aliphatic heterocycles. The highest BCUT2D eigenvalue weighted by Gasteiger charge is 2.16. The van der Waals surface area contributed by atoms with Crippen LogP contribution >= 0.6 is 11.6 Å². The molecule has 1 aromatic heterocycles. The van der Waals surface area contributed by atoms with Crippen LogP contribution in [0.3, 0.4) is 0 Å². The maximum absolute atomic E-state index is 11.2. The second kappa shape index (κ2) is 7.92. The van der Waals surface area contributed by atoms with Gasteiger partial charge in [0.15, 0.2) is 0 Å². The molecule has 0 bridgehead atoms. The molecule has 0 amide bonds. The molecule has 128 valence electrons. The Morgan fingerprint density at radius 3 is 2.72 bits per heavy atom. The van der Waals surface area contributed by atoms with Crippen molar-refractivity contribution >= 4 is 17.3 Å². The van der Waals surface area contributed by atoms with Gasteiger partial charge in [-0.2, -0.15) is 5.10 Å². The van der Waals surface area contributed by atoms with Gasteiger partial charge in [0.25, 0.3) is 5.69 Å². The largest absolute Gasteiger partial charge is 0.376 e. The summed E-state index contributed by atoms with van der Waals surface area (Å²) in [6.45, 7) is 1.07. The first-order valence-corrected chi connectivity index (χ1v) is 8.12. The molecule has 0 fully saturated rings. The van der Waals surface area contributed by atoms with Crippen LogP contribution in [0.15, 0.2) is 60.8 Å². The molecule has 25 heavy (non-hydrogen) atoms. The van der Waals surface area contributed by atoms with Crippen LogP contribution in [0, 0.1) is 10.1 Å². The van der Waals surface area contributed by atoms with Crippen molar-refractivity contribution in [2.24, 2.45) is 0 Å². The fourth-order valence-corrected chi connectivity index (χ4v) is 2.57. The average molecular weight is 358 g/mol. The normalized spacial score (nSPS) is 10.8. The van der Waals surface area contributed by atoms with Crippen molar-refractivity contribution in [3.05, 3.63) is 87.2 Å². The predicted octanol–water partition coefficient (Wildman–Crippen LogP) is 4.19. The van der Waals surface area contributed by atoms with Gasteiger partial charge in [-0.1, -0.05) is 41.9 Å². The summed E-state index contributed by atoms with van der Waals surface area (Å²) in [5.74, 6) is 0. The smallest absolute Gasteiger partial charge is 0.296 e. The molecule has 0 aliphatic carbocycles. The average Bonchev–Trinajstić information content (AvgIpc) is 3.08. The van der Waals surface area contributed by atoms with E-state index in [-0.39, 0.29) is 5.69 Å². The van der Waals surface area contributed by atoms with E-state index < -0.39 is 4.92 Å². The first-order valence-electron chi connectivity index (χ1n) is 7.74. The van der Waals surface area contributed by atoms with E-state index in [1.807, 2.05) is 36.4 Å². The van der Waals surface area contributed by atoms with E-state index in [1.165, 1.54) is 10.7 Å². The van der Waals surface area contributed by atoms with Crippen LogP contribution in [0.2, 0.25) is 5.02 Å². The van der Waals surface area contributed by atoms with Crippen molar-refractivity contribution in [3.63, 3.8) is 0 Å². The van der Waals surface area contributed by atoms with E-state index >= 15 is 0 Å². The molecular weight excluding hydrogens is 342 g/mol. The Kier molecular flexibility index (Phi) is 5.42. The Labute approximate surface area is 149 Å². The maximum atomic E-state index is 11.2. The van der Waals surface area contributed by atoms with E-state index in [0.717, 1.165) is 11.3 Å². The summed E-state index contributed by atoms with van der Waals surface area (Å²) in [7, 11) is 0. The minimum atomic E-state index is -0.467. The molecule has 0 atom stereocenters. The summed E-state index contributed by atoms with van der Waals surface area (Å²) >= 11 is 5.84. The number of nitro groups is 1. The Morgan fingerprint density at radius 1 is 1.16 bits per heavy atom. The van der Waals surface area contributed by atoms with Crippen LogP contribution in [0.25, 0.3) is 5.69 Å². The van der Waals surface area contributed by atoms with Crippen LogP contribution in [-0.4, -0.2) is 21.3 Å². The molecule has 0 N–H and O–H groups in total. The first kappa shape index (κ1) is 17.1. The van der Waals surface area contributed by atoms with Gasteiger partial charge < -0.3 is 4.74 Å². The van der Waals surface area contributed by atoms with Gasteiger partial charge in [0, 0.05) is 23.7 Å². The van der Waals surface area contributed by atoms with E-state index in [2.05, 4.69) is 5.10 Å². The lowest BCUT2D eigenvalue weighted by Gasteiger charge is -2.04. The zero-order chi connectivity index (χ0) is 17.6. The molecule has 7 heteroatoms. The van der Waals surface area contributed by atoms with Crippen LogP contribution in [0.1, 0.15) is 11.3 Å². The van der Waals surface area contributed by atoms with E-state index in [9.17, 15) is 10.1 Å². The van der Waals surface area contributed by atoms with Gasteiger partial charge >= 0.3 is 0 Å². The number of benzene rings is 2. The molecule has 6 nitrogen and oxygen atoms in total. The molecule has 0 aliphatic rings. The number of aromatic nitrogens is 2. The Balaban J connectivity index is 1.62. The fraction of sp³-hybridized carbons (Fsp3) is 0.167. The van der Waals surface area contributed by atoms with Gasteiger partial charge in [0.1, 0.15) is 5.69 Å². The van der Waals surface area contributed by atoms with Gasteiger partial charge in [-0.3, -0.25) is 10.1 Å². The van der Waals surface area contributed by atoms with Crippen molar-refractivity contribution in [1.29, 1.82) is 0 Å². The summed E-state index contributed by atoms with van der Waals surface area (Å²) < 4.78 is 7.13. The lowest BCUT2D eigenvalue weighted by Crippen LogP contribution is -2.03. The second-order valence-corrected chi connectivity index (χ2v) is 5.87. The van der Waals surface area contributed by atoms with E-state index in [0.29, 0.717) is 30.3 Å². The van der Waals surface area contributed by atoms with Crippen LogP contribution in [0.5, 0.6) is 0 Å². The lowest BCUT2D eigenvalue weighted by atomic mass is 10.2. The monoisotopic (exact) mass is 357 g/mol. The van der Waals surface area contributed by atoms with Gasteiger partial charge in [-0.15, -0.1) is 0 Å². The van der Waals surface area contributed by atoms with Crippen molar-refractivity contribution in [1.82, 2.24) is 9.78 Å². The topological polar surface area (TPSA) is 70.2 Å². The Morgan fingerprint density at radius 2 is 1.96 bits per heavy atom. The summed E-state index contributed by atoms with van der Waals surface area (Å²) in [5, 5.41) is 15.9.